The number of anilines is 3. The maximum absolute atomic E-state index is 12.3. The molecule has 0 aliphatic rings. The van der Waals surface area contributed by atoms with E-state index in [1.54, 1.807) is 42.5 Å². The van der Waals surface area contributed by atoms with Crippen LogP contribution in [0.5, 0.6) is 0 Å². The number of carbonyl (C=O) groups excluding carboxylic acids is 1. The molecule has 26 heavy (non-hydrogen) atoms. The van der Waals surface area contributed by atoms with Crippen LogP contribution in [0.15, 0.2) is 54.9 Å². The van der Waals surface area contributed by atoms with Gasteiger partial charge in [0.2, 0.25) is 5.95 Å². The smallest absolute Gasteiger partial charge is 0.258 e. The molecule has 3 aromatic rings. The van der Waals surface area contributed by atoms with Crippen molar-refractivity contribution in [3.05, 3.63) is 76.0 Å². The number of hydrogen-bond acceptors (Lipinski definition) is 5. The number of para-hydroxylation sites is 1. The topological polar surface area (TPSA) is 90.7 Å². The number of benzene rings is 2. The first-order valence-corrected chi connectivity index (χ1v) is 8.17. The van der Waals surface area contributed by atoms with E-state index >= 15 is 0 Å². The van der Waals surface area contributed by atoms with Crippen molar-refractivity contribution in [2.24, 2.45) is 0 Å². The molecule has 1 heterocycles. The Balaban J connectivity index is 1.73. The summed E-state index contributed by atoms with van der Waals surface area (Å²) < 4.78 is 0. The third kappa shape index (κ3) is 4.09. The molecular weight excluding hydrogens is 373 g/mol. The van der Waals surface area contributed by atoms with E-state index in [0.29, 0.717) is 32.9 Å². The highest BCUT2D eigenvalue weighted by Gasteiger charge is 2.12. The number of nitrogens with one attached hydrogen (secondary N) is 2. The first-order valence-electron chi connectivity index (χ1n) is 7.41. The van der Waals surface area contributed by atoms with Gasteiger partial charge in [-0.25, -0.2) is 9.97 Å². The zero-order valence-corrected chi connectivity index (χ0v) is 14.7. The summed E-state index contributed by atoms with van der Waals surface area (Å²) in [5, 5.41) is 15.2. The van der Waals surface area contributed by atoms with Gasteiger partial charge in [-0.3, -0.25) is 4.79 Å². The number of aromatic nitrogens is 2. The van der Waals surface area contributed by atoms with Crippen molar-refractivity contribution in [3.8, 4) is 6.07 Å². The highest BCUT2D eigenvalue weighted by molar-refractivity contribution is 6.40. The van der Waals surface area contributed by atoms with Crippen LogP contribution < -0.4 is 10.6 Å². The molecule has 2 aromatic carbocycles. The number of rotatable bonds is 4. The zero-order chi connectivity index (χ0) is 18.5. The molecule has 0 unspecified atom stereocenters. The number of nitriles is 1. The van der Waals surface area contributed by atoms with Gasteiger partial charge in [0.25, 0.3) is 5.91 Å². The molecule has 3 rings (SSSR count). The highest BCUT2D eigenvalue weighted by atomic mass is 35.5. The van der Waals surface area contributed by atoms with Gasteiger partial charge in [-0.05, 0) is 30.3 Å². The third-order valence-electron chi connectivity index (χ3n) is 3.36. The molecular formula is C18H11Cl2N5O. The first kappa shape index (κ1) is 17.7. The van der Waals surface area contributed by atoms with Crippen LogP contribution in [0.3, 0.4) is 0 Å². The minimum Gasteiger partial charge on any atom is -0.324 e. The van der Waals surface area contributed by atoms with E-state index in [1.807, 2.05) is 0 Å². The summed E-state index contributed by atoms with van der Waals surface area (Å²) in [7, 11) is 0. The van der Waals surface area contributed by atoms with Crippen LogP contribution in [0.4, 0.5) is 17.3 Å². The fourth-order valence-corrected chi connectivity index (χ4v) is 2.60. The van der Waals surface area contributed by atoms with E-state index in [0.717, 1.165) is 0 Å². The zero-order valence-electron chi connectivity index (χ0n) is 13.2. The van der Waals surface area contributed by atoms with E-state index < -0.39 is 5.91 Å². The van der Waals surface area contributed by atoms with Crippen molar-refractivity contribution in [1.82, 2.24) is 9.97 Å². The summed E-state index contributed by atoms with van der Waals surface area (Å²) >= 11 is 12.1. The molecule has 1 amide bonds. The van der Waals surface area contributed by atoms with Crippen LogP contribution in [0.25, 0.3) is 0 Å². The summed E-state index contributed by atoms with van der Waals surface area (Å²) in [5.74, 6) is -0.134. The second-order valence-electron chi connectivity index (χ2n) is 5.16. The molecule has 0 saturated carbocycles. The summed E-state index contributed by atoms with van der Waals surface area (Å²) in [4.78, 5) is 20.5. The minimum atomic E-state index is -0.432. The average molecular weight is 384 g/mol. The summed E-state index contributed by atoms with van der Waals surface area (Å²) in [6.07, 6.45) is 2.76. The Hall–Kier alpha value is -3.14. The van der Waals surface area contributed by atoms with Gasteiger partial charge in [0.15, 0.2) is 0 Å². The van der Waals surface area contributed by atoms with Crippen molar-refractivity contribution < 1.29 is 4.79 Å². The summed E-state index contributed by atoms with van der Waals surface area (Å²) in [6, 6.07) is 13.9. The van der Waals surface area contributed by atoms with E-state index in [1.165, 1.54) is 12.4 Å². The monoisotopic (exact) mass is 383 g/mol. The number of carbonyl (C=O) groups is 1. The lowest BCUT2D eigenvalue weighted by atomic mass is 10.2. The van der Waals surface area contributed by atoms with Gasteiger partial charge in [0, 0.05) is 18.1 Å². The molecule has 1 aromatic heterocycles. The molecule has 6 nitrogen and oxygen atoms in total. The maximum atomic E-state index is 12.3. The average Bonchev–Trinajstić information content (AvgIpc) is 2.65. The molecule has 0 atom stereocenters. The molecule has 0 bridgehead atoms. The summed E-state index contributed by atoms with van der Waals surface area (Å²) in [5.41, 5.74) is 1.76. The Bertz CT molecular complexity index is 979. The largest absolute Gasteiger partial charge is 0.324 e. The molecule has 2 N–H and O–H groups in total. The van der Waals surface area contributed by atoms with Crippen molar-refractivity contribution in [2.45, 2.75) is 0 Å². The lowest BCUT2D eigenvalue weighted by molar-refractivity contribution is 0.102. The predicted molar refractivity (Wildman–Crippen MR) is 101 cm³/mol. The van der Waals surface area contributed by atoms with Crippen LogP contribution >= 0.6 is 23.2 Å². The second kappa shape index (κ2) is 7.83. The van der Waals surface area contributed by atoms with Gasteiger partial charge >= 0.3 is 0 Å². The van der Waals surface area contributed by atoms with Crippen LogP contribution in [0, 0.1) is 11.3 Å². The molecule has 0 radical (unpaired) electrons. The summed E-state index contributed by atoms with van der Waals surface area (Å²) in [6.45, 7) is 0. The van der Waals surface area contributed by atoms with Crippen LogP contribution in [0.2, 0.25) is 10.0 Å². The number of nitrogens with zero attached hydrogens (tertiary/aromatic N) is 3. The van der Waals surface area contributed by atoms with Gasteiger partial charge in [-0.15, -0.1) is 0 Å². The van der Waals surface area contributed by atoms with E-state index in [-0.39, 0.29) is 5.56 Å². The van der Waals surface area contributed by atoms with Crippen molar-refractivity contribution in [2.75, 3.05) is 10.6 Å². The van der Waals surface area contributed by atoms with Crippen LogP contribution in [-0.4, -0.2) is 15.9 Å². The van der Waals surface area contributed by atoms with Crippen molar-refractivity contribution >= 4 is 46.4 Å². The molecule has 128 valence electrons. The van der Waals surface area contributed by atoms with Crippen LogP contribution in [-0.2, 0) is 0 Å². The van der Waals surface area contributed by atoms with Gasteiger partial charge in [-0.2, -0.15) is 5.26 Å². The van der Waals surface area contributed by atoms with Crippen molar-refractivity contribution in [3.63, 3.8) is 0 Å². The predicted octanol–water partition coefficient (Wildman–Crippen LogP) is 4.65. The Kier molecular flexibility index (Phi) is 5.32. The normalized spacial score (nSPS) is 10.0. The molecule has 0 aliphatic carbocycles. The molecule has 8 heteroatoms. The molecule has 0 aliphatic heterocycles. The Morgan fingerprint density at radius 2 is 1.69 bits per heavy atom. The van der Waals surface area contributed by atoms with Gasteiger partial charge in [0.1, 0.15) is 0 Å². The number of halogens is 2. The molecule has 0 saturated heterocycles. The number of amides is 1. The highest BCUT2D eigenvalue weighted by Crippen LogP contribution is 2.30. The Labute approximate surface area is 159 Å². The number of hydrogen-bond donors (Lipinski definition) is 2. The lowest BCUT2D eigenvalue weighted by Gasteiger charge is -2.09. The fourth-order valence-electron chi connectivity index (χ4n) is 2.11. The van der Waals surface area contributed by atoms with Crippen molar-refractivity contribution in [1.29, 1.82) is 5.26 Å². The molecule has 0 spiro atoms. The van der Waals surface area contributed by atoms with Gasteiger partial charge in [-0.1, -0.05) is 35.3 Å². The molecule has 0 fully saturated rings. The second-order valence-corrected chi connectivity index (χ2v) is 5.98. The quantitative estimate of drug-likeness (QED) is 0.683. The van der Waals surface area contributed by atoms with Gasteiger partial charge < -0.3 is 10.6 Å². The lowest BCUT2D eigenvalue weighted by Crippen LogP contribution is -2.13. The SMILES string of the molecule is N#Cc1cccc(Nc2ncc(C(=O)Nc3c(Cl)cccc3Cl)cn2)c1. The third-order valence-corrected chi connectivity index (χ3v) is 3.99. The standard InChI is InChI=1S/C18H11Cl2N5O/c19-14-5-2-6-15(20)16(14)25-17(26)12-9-22-18(23-10-12)24-13-4-1-3-11(7-13)8-21/h1-7,9-10H,(H,25,26)(H,22,23,24). The first-order chi connectivity index (χ1) is 12.6. The fraction of sp³-hybridized carbons (Fsp3) is 0. The Morgan fingerprint density at radius 1 is 1.04 bits per heavy atom. The van der Waals surface area contributed by atoms with E-state index in [4.69, 9.17) is 28.5 Å². The van der Waals surface area contributed by atoms with Gasteiger partial charge in [0.05, 0.1) is 32.9 Å². The van der Waals surface area contributed by atoms with Crippen LogP contribution in [0.1, 0.15) is 15.9 Å². The minimum absolute atomic E-state index is 0.248. The maximum Gasteiger partial charge on any atom is 0.258 e. The van der Waals surface area contributed by atoms with E-state index in [9.17, 15) is 4.79 Å². The van der Waals surface area contributed by atoms with E-state index in [2.05, 4.69) is 26.7 Å². The Morgan fingerprint density at radius 3 is 2.35 bits per heavy atom.